The molecule has 2 N–H and O–H groups in total. The highest BCUT2D eigenvalue weighted by molar-refractivity contribution is 7.99. The molecule has 0 bridgehead atoms. The van der Waals surface area contributed by atoms with E-state index in [1.807, 2.05) is 0 Å². The van der Waals surface area contributed by atoms with Crippen LogP contribution in [0.3, 0.4) is 0 Å². The van der Waals surface area contributed by atoms with Crippen molar-refractivity contribution in [3.05, 3.63) is 24.5 Å². The van der Waals surface area contributed by atoms with Crippen molar-refractivity contribution >= 4 is 17.7 Å². The molecule has 0 radical (unpaired) electrons. The second kappa shape index (κ2) is 4.75. The van der Waals surface area contributed by atoms with E-state index in [0.29, 0.717) is 11.0 Å². The van der Waals surface area contributed by atoms with E-state index in [1.54, 1.807) is 24.5 Å². The summed E-state index contributed by atoms with van der Waals surface area (Å²) in [6.07, 6.45) is 3.31. The maximum Gasteiger partial charge on any atom is 0.313 e. The Morgan fingerprint density at radius 3 is 2.88 bits per heavy atom. The van der Waals surface area contributed by atoms with Crippen LogP contribution < -0.4 is 0 Å². The van der Waals surface area contributed by atoms with Gasteiger partial charge in [0.15, 0.2) is 5.82 Å². The number of H-pyrrole nitrogens is 1. The van der Waals surface area contributed by atoms with Crippen LogP contribution in [0, 0.1) is 0 Å². The number of thioether (sulfide) groups is 1. The van der Waals surface area contributed by atoms with Crippen molar-refractivity contribution in [2.75, 3.05) is 5.75 Å². The van der Waals surface area contributed by atoms with E-state index >= 15 is 0 Å². The summed E-state index contributed by atoms with van der Waals surface area (Å²) in [5, 5.41) is 15.6. The maximum absolute atomic E-state index is 10.4. The number of aromatic amines is 1. The summed E-state index contributed by atoms with van der Waals surface area (Å²) in [4.78, 5) is 18.4. The fraction of sp³-hybridized carbons (Fsp3) is 0.111. The zero-order valence-electron chi connectivity index (χ0n) is 8.12. The number of nitrogens with one attached hydrogen (secondary N) is 1. The van der Waals surface area contributed by atoms with Crippen LogP contribution in [0.1, 0.15) is 0 Å². The standard InChI is InChI=1S/C9H8N4O2S/c14-7(15)5-16-9-11-8(12-13-9)6-1-3-10-4-2-6/h1-4H,5H2,(H,14,15)(H,11,12,13). The van der Waals surface area contributed by atoms with Gasteiger partial charge in [-0.2, -0.15) is 0 Å². The lowest BCUT2D eigenvalue weighted by Gasteiger charge is -1.92. The third kappa shape index (κ3) is 2.57. The molecular formula is C9H8N4O2S. The van der Waals surface area contributed by atoms with Crippen LogP contribution in [0.2, 0.25) is 0 Å². The Morgan fingerprint density at radius 2 is 2.19 bits per heavy atom. The van der Waals surface area contributed by atoms with Gasteiger partial charge in [0, 0.05) is 18.0 Å². The Labute approximate surface area is 95.1 Å². The molecule has 0 fully saturated rings. The Hall–Kier alpha value is -1.89. The van der Waals surface area contributed by atoms with Crippen molar-refractivity contribution in [1.82, 2.24) is 20.2 Å². The Kier molecular flexibility index (Phi) is 3.16. The van der Waals surface area contributed by atoms with Gasteiger partial charge < -0.3 is 5.11 Å². The van der Waals surface area contributed by atoms with Crippen LogP contribution in [0.25, 0.3) is 11.4 Å². The Bertz CT molecular complexity index is 485. The van der Waals surface area contributed by atoms with Gasteiger partial charge in [-0.1, -0.05) is 11.8 Å². The number of nitrogens with zero attached hydrogens (tertiary/aromatic N) is 3. The van der Waals surface area contributed by atoms with Crippen molar-refractivity contribution in [3.8, 4) is 11.4 Å². The smallest absolute Gasteiger partial charge is 0.313 e. The molecule has 2 heterocycles. The van der Waals surface area contributed by atoms with Gasteiger partial charge >= 0.3 is 5.97 Å². The summed E-state index contributed by atoms with van der Waals surface area (Å²) in [5.41, 5.74) is 0.865. The molecule has 16 heavy (non-hydrogen) atoms. The molecule has 2 aromatic heterocycles. The third-order valence-corrected chi connectivity index (χ3v) is 2.58. The van der Waals surface area contributed by atoms with E-state index in [1.165, 1.54) is 0 Å². The highest BCUT2D eigenvalue weighted by Gasteiger charge is 2.07. The summed E-state index contributed by atoms with van der Waals surface area (Å²) in [6, 6.07) is 3.60. The number of aromatic nitrogens is 4. The first-order valence-electron chi connectivity index (χ1n) is 4.43. The summed E-state index contributed by atoms with van der Waals surface area (Å²) in [7, 11) is 0. The predicted molar refractivity (Wildman–Crippen MR) is 58.0 cm³/mol. The lowest BCUT2D eigenvalue weighted by atomic mass is 10.3. The van der Waals surface area contributed by atoms with Gasteiger partial charge in [-0.25, -0.2) is 4.98 Å². The van der Waals surface area contributed by atoms with Crippen molar-refractivity contribution in [1.29, 1.82) is 0 Å². The van der Waals surface area contributed by atoms with Crippen molar-refractivity contribution in [3.63, 3.8) is 0 Å². The van der Waals surface area contributed by atoms with Crippen LogP contribution in [0.4, 0.5) is 0 Å². The number of carbonyl (C=O) groups is 1. The molecule has 0 amide bonds. The Balaban J connectivity index is 2.11. The Morgan fingerprint density at radius 1 is 1.44 bits per heavy atom. The highest BCUT2D eigenvalue weighted by Crippen LogP contribution is 2.17. The summed E-state index contributed by atoms with van der Waals surface area (Å²) < 4.78 is 0. The maximum atomic E-state index is 10.4. The minimum Gasteiger partial charge on any atom is -0.481 e. The number of carboxylic acid groups (broad SMARTS) is 1. The SMILES string of the molecule is O=C(O)CSc1n[nH]c(-c2ccncc2)n1. The van der Waals surface area contributed by atoms with Crippen molar-refractivity contribution in [2.45, 2.75) is 5.16 Å². The highest BCUT2D eigenvalue weighted by atomic mass is 32.2. The number of carboxylic acids is 1. The van der Waals surface area contributed by atoms with E-state index in [2.05, 4.69) is 20.2 Å². The van der Waals surface area contributed by atoms with Crippen LogP contribution in [-0.2, 0) is 4.79 Å². The number of aliphatic carboxylic acids is 1. The first-order chi connectivity index (χ1) is 7.75. The molecule has 0 saturated heterocycles. The first kappa shape index (κ1) is 10.6. The number of rotatable bonds is 4. The second-order valence-electron chi connectivity index (χ2n) is 2.88. The third-order valence-electron chi connectivity index (χ3n) is 1.74. The first-order valence-corrected chi connectivity index (χ1v) is 5.41. The number of hydrogen-bond acceptors (Lipinski definition) is 5. The molecule has 82 valence electrons. The average Bonchev–Trinajstić information content (AvgIpc) is 2.76. The lowest BCUT2D eigenvalue weighted by Crippen LogP contribution is -1.97. The zero-order chi connectivity index (χ0) is 11.4. The van der Waals surface area contributed by atoms with Crippen LogP contribution in [-0.4, -0.2) is 37.0 Å². The van der Waals surface area contributed by atoms with E-state index in [4.69, 9.17) is 5.11 Å². The molecule has 0 spiro atoms. The van der Waals surface area contributed by atoms with Gasteiger partial charge in [0.2, 0.25) is 5.16 Å². The number of pyridine rings is 1. The van der Waals surface area contributed by atoms with Gasteiger partial charge in [0.05, 0.1) is 5.75 Å². The van der Waals surface area contributed by atoms with Crippen LogP contribution >= 0.6 is 11.8 Å². The molecule has 6 nitrogen and oxygen atoms in total. The second-order valence-corrected chi connectivity index (χ2v) is 3.83. The van der Waals surface area contributed by atoms with Gasteiger partial charge in [0.25, 0.3) is 0 Å². The van der Waals surface area contributed by atoms with E-state index in [0.717, 1.165) is 17.3 Å². The molecule has 0 saturated carbocycles. The minimum atomic E-state index is -0.889. The molecule has 0 unspecified atom stereocenters. The van der Waals surface area contributed by atoms with Crippen LogP contribution in [0.5, 0.6) is 0 Å². The lowest BCUT2D eigenvalue weighted by molar-refractivity contribution is -0.133. The largest absolute Gasteiger partial charge is 0.481 e. The summed E-state index contributed by atoms with van der Waals surface area (Å²) in [5.74, 6) is -0.330. The fourth-order valence-corrected chi connectivity index (χ4v) is 1.59. The molecule has 0 atom stereocenters. The van der Waals surface area contributed by atoms with Crippen LogP contribution in [0.15, 0.2) is 29.7 Å². The summed E-state index contributed by atoms with van der Waals surface area (Å²) >= 11 is 1.08. The minimum absolute atomic E-state index is 0.0480. The topological polar surface area (TPSA) is 91.8 Å². The van der Waals surface area contributed by atoms with Crippen molar-refractivity contribution in [2.24, 2.45) is 0 Å². The van der Waals surface area contributed by atoms with Gasteiger partial charge in [0.1, 0.15) is 0 Å². The molecule has 2 rings (SSSR count). The predicted octanol–water partition coefficient (Wildman–Crippen LogP) is 1.04. The molecule has 0 aliphatic carbocycles. The number of hydrogen-bond donors (Lipinski definition) is 2. The van der Waals surface area contributed by atoms with E-state index in [9.17, 15) is 4.79 Å². The fourth-order valence-electron chi connectivity index (χ4n) is 1.08. The quantitative estimate of drug-likeness (QED) is 0.771. The van der Waals surface area contributed by atoms with E-state index in [-0.39, 0.29) is 5.75 Å². The molecule has 7 heteroatoms. The zero-order valence-corrected chi connectivity index (χ0v) is 8.94. The molecule has 0 aromatic carbocycles. The normalized spacial score (nSPS) is 10.2. The molecule has 0 aliphatic heterocycles. The van der Waals surface area contributed by atoms with Gasteiger partial charge in [-0.05, 0) is 12.1 Å². The summed E-state index contributed by atoms with van der Waals surface area (Å²) in [6.45, 7) is 0. The van der Waals surface area contributed by atoms with Crippen molar-refractivity contribution < 1.29 is 9.90 Å². The van der Waals surface area contributed by atoms with E-state index < -0.39 is 5.97 Å². The monoisotopic (exact) mass is 236 g/mol. The molecular weight excluding hydrogens is 228 g/mol. The molecule has 2 aromatic rings. The average molecular weight is 236 g/mol. The van der Waals surface area contributed by atoms with Gasteiger partial charge in [-0.15, -0.1) is 5.10 Å². The molecule has 0 aliphatic rings. The van der Waals surface area contributed by atoms with Gasteiger partial charge in [-0.3, -0.25) is 14.9 Å².